The van der Waals surface area contributed by atoms with Crippen LogP contribution in [-0.2, 0) is 14.3 Å². The minimum Gasteiger partial charge on any atom is -0.493 e. The molecule has 4 heterocycles. The molecule has 0 aliphatic carbocycles. The molecular formula is C18H22FN3O4. The van der Waals surface area contributed by atoms with Crippen LogP contribution in [0.1, 0.15) is 6.92 Å². The van der Waals surface area contributed by atoms with Crippen LogP contribution in [0, 0.1) is 11.8 Å². The first-order chi connectivity index (χ1) is 12.4. The molecule has 0 spiro atoms. The van der Waals surface area contributed by atoms with Crippen molar-refractivity contribution in [3.05, 3.63) is 35.1 Å². The topological polar surface area (TPSA) is 73.3 Å². The number of carbonyl (C=O) groups excluding carboxylic acids is 1. The van der Waals surface area contributed by atoms with E-state index in [4.69, 9.17) is 4.74 Å². The Morgan fingerprint density at radius 2 is 2.00 bits per heavy atom. The number of carboxylic acids is 1. The van der Waals surface area contributed by atoms with Crippen molar-refractivity contribution in [1.82, 2.24) is 14.7 Å². The number of carboxylic acid groups (broad SMARTS) is 1. The van der Waals surface area contributed by atoms with Crippen LogP contribution in [-0.4, -0.2) is 77.6 Å². The van der Waals surface area contributed by atoms with E-state index in [2.05, 4.69) is 4.90 Å². The van der Waals surface area contributed by atoms with Crippen molar-refractivity contribution in [3.63, 3.8) is 0 Å². The van der Waals surface area contributed by atoms with Crippen LogP contribution in [0.3, 0.4) is 0 Å². The quantitative estimate of drug-likeness (QED) is 0.731. The van der Waals surface area contributed by atoms with E-state index in [1.165, 1.54) is 11.0 Å². The van der Waals surface area contributed by atoms with Gasteiger partial charge in [-0.1, -0.05) is 13.0 Å². The number of aliphatic carboxylic acids is 1. The second kappa shape index (κ2) is 6.12. The summed E-state index contributed by atoms with van der Waals surface area (Å²) in [6.45, 7) is 5.32. The first kappa shape index (κ1) is 17.1. The second-order valence-electron chi connectivity index (χ2n) is 7.39. The van der Waals surface area contributed by atoms with Gasteiger partial charge >= 0.3 is 5.97 Å². The smallest absolute Gasteiger partial charge is 0.341 e. The fraction of sp³-hybridized carbons (Fsp3) is 0.556. The normalized spacial score (nSPS) is 32.0. The average molecular weight is 363 g/mol. The van der Waals surface area contributed by atoms with E-state index in [1.807, 2.05) is 18.9 Å². The highest BCUT2D eigenvalue weighted by atomic mass is 19.1. The third kappa shape index (κ3) is 2.51. The number of hydrogen-bond acceptors (Lipinski definition) is 5. The van der Waals surface area contributed by atoms with Gasteiger partial charge in [-0.15, -0.1) is 0 Å². The fourth-order valence-electron chi connectivity index (χ4n) is 4.15. The number of ether oxygens (including phenoxy) is 1. The monoisotopic (exact) mass is 363 g/mol. The minimum absolute atomic E-state index is 0.0250. The molecule has 0 bridgehead atoms. The van der Waals surface area contributed by atoms with Crippen molar-refractivity contribution in [3.8, 4) is 0 Å². The second-order valence-corrected chi connectivity index (χ2v) is 7.39. The molecule has 3 atom stereocenters. The van der Waals surface area contributed by atoms with Crippen molar-refractivity contribution >= 4 is 11.9 Å². The van der Waals surface area contributed by atoms with Gasteiger partial charge in [0.05, 0.1) is 6.61 Å². The maximum Gasteiger partial charge on any atom is 0.341 e. The number of rotatable bonds is 2. The van der Waals surface area contributed by atoms with Crippen molar-refractivity contribution in [2.24, 2.45) is 11.8 Å². The van der Waals surface area contributed by atoms with Crippen LogP contribution in [0.4, 0.5) is 4.39 Å². The van der Waals surface area contributed by atoms with Gasteiger partial charge in [0.1, 0.15) is 23.1 Å². The molecule has 4 aliphatic rings. The lowest BCUT2D eigenvalue weighted by molar-refractivity contribution is -0.139. The zero-order chi connectivity index (χ0) is 18.6. The minimum atomic E-state index is -1.28. The van der Waals surface area contributed by atoms with Gasteiger partial charge < -0.3 is 24.5 Å². The standard InChI is InChI=1S/C18H22FN3O4/c1-10-9-26-16-14-11(10)7-12(18(24)25)17(23)22(14)8-13(19)15(16)21-5-3-20(2)4-6-21/h7-8,10-11,14H,3-6,9H2,1-2H3,(H,24,25)/t10-,11?,14?/m0/s1. The summed E-state index contributed by atoms with van der Waals surface area (Å²) < 4.78 is 20.9. The van der Waals surface area contributed by atoms with Gasteiger partial charge in [0.2, 0.25) is 0 Å². The third-order valence-corrected chi connectivity index (χ3v) is 5.68. The summed E-state index contributed by atoms with van der Waals surface area (Å²) in [5, 5.41) is 9.34. The van der Waals surface area contributed by atoms with E-state index in [9.17, 15) is 19.1 Å². The molecule has 0 aromatic carbocycles. The number of piperazine rings is 1. The number of likely N-dealkylation sites (N-methyl/N-ethyl adjacent to an activating group) is 1. The molecule has 2 saturated heterocycles. The summed E-state index contributed by atoms with van der Waals surface area (Å²) in [6.07, 6.45) is 2.67. The van der Waals surface area contributed by atoms with Crippen LogP contribution in [0.2, 0.25) is 0 Å². The molecule has 2 unspecified atom stereocenters. The zero-order valence-corrected chi connectivity index (χ0v) is 14.8. The molecule has 0 saturated carbocycles. The predicted molar refractivity (Wildman–Crippen MR) is 90.2 cm³/mol. The zero-order valence-electron chi connectivity index (χ0n) is 14.8. The average Bonchev–Trinajstić information content (AvgIpc) is 2.60. The van der Waals surface area contributed by atoms with E-state index in [-0.39, 0.29) is 17.4 Å². The number of hydrogen-bond donors (Lipinski definition) is 1. The maximum atomic E-state index is 15.0. The predicted octanol–water partition coefficient (Wildman–Crippen LogP) is 0.774. The Bertz CT molecular complexity index is 752. The highest BCUT2D eigenvalue weighted by molar-refractivity contribution is 6.16. The Morgan fingerprint density at radius 3 is 2.65 bits per heavy atom. The molecule has 4 rings (SSSR count). The van der Waals surface area contributed by atoms with E-state index in [0.29, 0.717) is 31.2 Å². The summed E-state index contributed by atoms with van der Waals surface area (Å²) in [6, 6.07) is -0.483. The van der Waals surface area contributed by atoms with Gasteiger partial charge in [-0.25, -0.2) is 9.18 Å². The van der Waals surface area contributed by atoms with Crippen LogP contribution in [0.5, 0.6) is 0 Å². The third-order valence-electron chi connectivity index (χ3n) is 5.68. The molecule has 1 amide bonds. The Kier molecular flexibility index (Phi) is 4.02. The Hall–Kier alpha value is -2.35. The summed E-state index contributed by atoms with van der Waals surface area (Å²) in [5.41, 5.74) is 0.114. The molecule has 7 nitrogen and oxygen atoms in total. The summed E-state index contributed by atoms with van der Waals surface area (Å²) in [7, 11) is 2.02. The van der Waals surface area contributed by atoms with Crippen LogP contribution in [0.25, 0.3) is 0 Å². The van der Waals surface area contributed by atoms with E-state index >= 15 is 0 Å². The number of nitrogens with zero attached hydrogens (tertiary/aromatic N) is 3. The Morgan fingerprint density at radius 1 is 1.31 bits per heavy atom. The lowest BCUT2D eigenvalue weighted by Crippen LogP contribution is -2.55. The highest BCUT2D eigenvalue weighted by Crippen LogP contribution is 2.44. The van der Waals surface area contributed by atoms with Crippen LogP contribution in [0.15, 0.2) is 35.1 Å². The molecule has 0 aromatic heterocycles. The molecule has 0 aromatic rings. The van der Waals surface area contributed by atoms with Gasteiger partial charge in [-0.2, -0.15) is 0 Å². The Balaban J connectivity index is 1.78. The van der Waals surface area contributed by atoms with E-state index < -0.39 is 23.7 Å². The highest BCUT2D eigenvalue weighted by Gasteiger charge is 2.49. The molecule has 4 aliphatic heterocycles. The van der Waals surface area contributed by atoms with Crippen LogP contribution >= 0.6 is 0 Å². The van der Waals surface area contributed by atoms with Gasteiger partial charge in [0, 0.05) is 38.3 Å². The van der Waals surface area contributed by atoms with Gasteiger partial charge in [-0.05, 0) is 13.0 Å². The molecule has 140 valence electrons. The molecule has 2 fully saturated rings. The van der Waals surface area contributed by atoms with Gasteiger partial charge in [0.15, 0.2) is 5.83 Å². The largest absolute Gasteiger partial charge is 0.493 e. The molecule has 0 radical (unpaired) electrons. The molecule has 1 N–H and O–H groups in total. The van der Waals surface area contributed by atoms with Gasteiger partial charge in [-0.3, -0.25) is 4.79 Å². The summed E-state index contributed by atoms with van der Waals surface area (Å²) in [5.74, 6) is -2.26. The molecule has 8 heteroatoms. The number of amides is 1. The van der Waals surface area contributed by atoms with Crippen molar-refractivity contribution in [2.45, 2.75) is 13.0 Å². The van der Waals surface area contributed by atoms with Crippen molar-refractivity contribution < 1.29 is 23.8 Å². The summed E-state index contributed by atoms with van der Waals surface area (Å²) >= 11 is 0. The van der Waals surface area contributed by atoms with Crippen molar-refractivity contribution in [1.29, 1.82) is 0 Å². The molecular weight excluding hydrogens is 341 g/mol. The number of carbonyl (C=O) groups is 2. The Labute approximate surface area is 151 Å². The van der Waals surface area contributed by atoms with E-state index in [0.717, 1.165) is 19.3 Å². The lowest BCUT2D eigenvalue weighted by atomic mass is 9.78. The molecule has 26 heavy (non-hydrogen) atoms. The van der Waals surface area contributed by atoms with Crippen molar-refractivity contribution in [2.75, 3.05) is 39.8 Å². The fourth-order valence-corrected chi connectivity index (χ4v) is 4.15. The lowest BCUT2D eigenvalue weighted by Gasteiger charge is -2.48. The number of allylic oxidation sites excluding steroid dienone is 1. The summed E-state index contributed by atoms with van der Waals surface area (Å²) in [4.78, 5) is 29.4. The first-order valence-corrected chi connectivity index (χ1v) is 8.84. The number of halogens is 1. The van der Waals surface area contributed by atoms with Gasteiger partial charge in [0.25, 0.3) is 5.91 Å². The SMILES string of the molecule is C[C@H]1COC2=C(N3CCN(C)CC3)C(F)=CN3C(=O)C(C(=O)O)=CC1C23. The maximum absolute atomic E-state index is 15.0. The van der Waals surface area contributed by atoms with E-state index in [1.54, 1.807) is 0 Å². The van der Waals surface area contributed by atoms with Crippen LogP contribution < -0.4 is 0 Å². The first-order valence-electron chi connectivity index (χ1n) is 8.84.